The van der Waals surface area contributed by atoms with E-state index in [4.69, 9.17) is 10.5 Å². The Balaban J connectivity index is 2.14. The lowest BCUT2D eigenvalue weighted by atomic mass is 9.76. The first-order chi connectivity index (χ1) is 10.1. The van der Waals surface area contributed by atoms with Gasteiger partial charge in [-0.25, -0.2) is 0 Å². The van der Waals surface area contributed by atoms with Crippen LogP contribution >= 0.6 is 0 Å². The van der Waals surface area contributed by atoms with Crippen molar-refractivity contribution in [3.63, 3.8) is 0 Å². The van der Waals surface area contributed by atoms with Crippen LogP contribution < -0.4 is 15.8 Å². The average Bonchev–Trinajstić information content (AvgIpc) is 2.44. The molecule has 0 radical (unpaired) electrons. The van der Waals surface area contributed by atoms with E-state index in [0.29, 0.717) is 18.2 Å². The molecule has 4 nitrogen and oxygen atoms in total. The molecule has 0 spiro atoms. The number of aliphatic hydroxyl groups is 1. The van der Waals surface area contributed by atoms with Gasteiger partial charge in [0.05, 0.1) is 18.8 Å². The van der Waals surface area contributed by atoms with Crippen LogP contribution in [-0.4, -0.2) is 23.9 Å². The Labute approximate surface area is 127 Å². The predicted octanol–water partition coefficient (Wildman–Crippen LogP) is 3.41. The molecule has 1 aliphatic rings. The van der Waals surface area contributed by atoms with Crippen LogP contribution in [0.1, 0.15) is 46.0 Å². The monoisotopic (exact) mass is 292 g/mol. The molecule has 1 saturated carbocycles. The normalized spacial score (nSPS) is 25.6. The zero-order chi connectivity index (χ0) is 15.3. The highest BCUT2D eigenvalue weighted by atomic mass is 16.5. The Morgan fingerprint density at radius 3 is 2.90 bits per heavy atom. The van der Waals surface area contributed by atoms with Crippen molar-refractivity contribution in [3.8, 4) is 5.75 Å². The van der Waals surface area contributed by atoms with Crippen molar-refractivity contribution in [1.82, 2.24) is 0 Å². The summed E-state index contributed by atoms with van der Waals surface area (Å²) in [5.74, 6) is 1.42. The minimum Gasteiger partial charge on any atom is -0.493 e. The van der Waals surface area contributed by atoms with Gasteiger partial charge in [0.2, 0.25) is 0 Å². The first-order valence-electron chi connectivity index (χ1n) is 7.99. The van der Waals surface area contributed by atoms with Crippen molar-refractivity contribution in [1.29, 1.82) is 0 Å². The number of nitrogens with one attached hydrogen (secondary N) is 1. The summed E-state index contributed by atoms with van der Waals surface area (Å²) in [7, 11) is 0. The van der Waals surface area contributed by atoms with Crippen LogP contribution in [0.4, 0.5) is 11.4 Å². The molecule has 0 aromatic heterocycles. The summed E-state index contributed by atoms with van der Waals surface area (Å²) in [6, 6.07) is 5.73. The first kappa shape index (κ1) is 16.0. The summed E-state index contributed by atoms with van der Waals surface area (Å²) in [6.07, 6.45) is 5.34. The molecule has 0 aliphatic heterocycles. The minimum absolute atomic E-state index is 0.150. The highest BCUT2D eigenvalue weighted by Gasteiger charge is 2.34. The maximum atomic E-state index is 9.88. The summed E-state index contributed by atoms with van der Waals surface area (Å²) in [6.45, 7) is 5.17. The van der Waals surface area contributed by atoms with E-state index in [1.165, 1.54) is 6.42 Å². The lowest BCUT2D eigenvalue weighted by Crippen LogP contribution is -2.45. The Kier molecular flexibility index (Phi) is 5.34. The molecule has 2 unspecified atom stereocenters. The number of nitrogen functional groups attached to an aromatic ring is 1. The zero-order valence-electron chi connectivity index (χ0n) is 13.2. The van der Waals surface area contributed by atoms with Crippen LogP contribution in [0, 0.1) is 5.92 Å². The highest BCUT2D eigenvalue weighted by Crippen LogP contribution is 2.36. The maximum Gasteiger partial charge on any atom is 0.123 e. The zero-order valence-corrected chi connectivity index (χ0v) is 13.2. The van der Waals surface area contributed by atoms with Crippen molar-refractivity contribution in [2.45, 2.75) is 51.5 Å². The van der Waals surface area contributed by atoms with Crippen molar-refractivity contribution in [3.05, 3.63) is 18.2 Å². The van der Waals surface area contributed by atoms with Crippen molar-refractivity contribution < 1.29 is 9.84 Å². The van der Waals surface area contributed by atoms with E-state index in [-0.39, 0.29) is 12.1 Å². The van der Waals surface area contributed by atoms with Crippen molar-refractivity contribution in [2.24, 2.45) is 5.92 Å². The molecule has 21 heavy (non-hydrogen) atoms. The molecule has 0 heterocycles. The van der Waals surface area contributed by atoms with Crippen molar-refractivity contribution in [2.75, 3.05) is 24.3 Å². The Morgan fingerprint density at radius 2 is 2.24 bits per heavy atom. The number of aliphatic hydroxyl groups excluding tert-OH is 1. The van der Waals surface area contributed by atoms with Crippen LogP contribution in [0.2, 0.25) is 0 Å². The lowest BCUT2D eigenvalue weighted by molar-refractivity contribution is 0.149. The van der Waals surface area contributed by atoms with E-state index in [0.717, 1.165) is 37.1 Å². The second-order valence-corrected chi connectivity index (χ2v) is 6.40. The molecule has 1 fully saturated rings. The number of nitrogens with two attached hydrogens (primary N) is 1. The number of hydrogen-bond acceptors (Lipinski definition) is 4. The maximum absolute atomic E-state index is 9.88. The van der Waals surface area contributed by atoms with Gasteiger partial charge in [0.25, 0.3) is 0 Å². The van der Waals surface area contributed by atoms with Crippen LogP contribution in [0.3, 0.4) is 0 Å². The molecule has 4 N–H and O–H groups in total. The number of rotatable bonds is 6. The van der Waals surface area contributed by atoms with Gasteiger partial charge in [0, 0.05) is 23.5 Å². The van der Waals surface area contributed by atoms with Gasteiger partial charge in [0.15, 0.2) is 0 Å². The molecule has 0 saturated heterocycles. The summed E-state index contributed by atoms with van der Waals surface area (Å²) < 4.78 is 5.67. The first-order valence-corrected chi connectivity index (χ1v) is 7.99. The lowest BCUT2D eigenvalue weighted by Gasteiger charge is -2.40. The molecule has 0 bridgehead atoms. The number of anilines is 2. The number of ether oxygens (including phenoxy) is 1. The molecule has 4 heteroatoms. The molecule has 118 valence electrons. The molecule has 1 aliphatic carbocycles. The third-order valence-corrected chi connectivity index (χ3v) is 4.21. The fourth-order valence-corrected chi connectivity index (χ4v) is 3.26. The molecule has 2 rings (SSSR count). The molecular weight excluding hydrogens is 264 g/mol. The summed E-state index contributed by atoms with van der Waals surface area (Å²) >= 11 is 0. The largest absolute Gasteiger partial charge is 0.493 e. The van der Waals surface area contributed by atoms with Crippen LogP contribution in [-0.2, 0) is 0 Å². The minimum atomic E-state index is -0.229. The van der Waals surface area contributed by atoms with Crippen LogP contribution in [0.15, 0.2) is 18.2 Å². The van der Waals surface area contributed by atoms with Gasteiger partial charge in [-0.2, -0.15) is 0 Å². The Hall–Kier alpha value is -1.42. The van der Waals surface area contributed by atoms with E-state index in [1.807, 2.05) is 18.2 Å². The predicted molar refractivity (Wildman–Crippen MR) is 87.7 cm³/mol. The van der Waals surface area contributed by atoms with Gasteiger partial charge < -0.3 is 20.9 Å². The SMILES string of the molecule is CCCOc1cc(N)cc(NC2(CO)CCCC(C)C2)c1. The standard InChI is InChI=1S/C17H28N2O2/c1-3-7-21-16-9-14(18)8-15(10-16)19-17(12-20)6-4-5-13(2)11-17/h8-10,13,19-20H,3-7,11-12,18H2,1-2H3. The van der Waals surface area contributed by atoms with Gasteiger partial charge in [-0.1, -0.05) is 26.7 Å². The second-order valence-electron chi connectivity index (χ2n) is 6.40. The summed E-state index contributed by atoms with van der Waals surface area (Å²) in [5, 5.41) is 13.4. The summed E-state index contributed by atoms with van der Waals surface area (Å²) in [5.41, 5.74) is 7.35. The fraction of sp³-hybridized carbons (Fsp3) is 0.647. The Morgan fingerprint density at radius 1 is 1.43 bits per heavy atom. The topological polar surface area (TPSA) is 67.5 Å². The third-order valence-electron chi connectivity index (χ3n) is 4.21. The van der Waals surface area contributed by atoms with Crippen LogP contribution in [0.25, 0.3) is 0 Å². The molecule has 1 aromatic rings. The quantitative estimate of drug-likeness (QED) is 0.703. The average molecular weight is 292 g/mol. The van der Waals surface area contributed by atoms with Gasteiger partial charge in [-0.3, -0.25) is 0 Å². The van der Waals surface area contributed by atoms with Crippen molar-refractivity contribution >= 4 is 11.4 Å². The van der Waals surface area contributed by atoms with Gasteiger partial charge in [-0.05, 0) is 31.2 Å². The van der Waals surface area contributed by atoms with Gasteiger partial charge in [-0.15, -0.1) is 0 Å². The van der Waals surface area contributed by atoms with Crippen LogP contribution in [0.5, 0.6) is 5.75 Å². The Bertz CT molecular complexity index is 464. The number of hydrogen-bond donors (Lipinski definition) is 3. The van der Waals surface area contributed by atoms with Gasteiger partial charge in [0.1, 0.15) is 5.75 Å². The van der Waals surface area contributed by atoms with E-state index in [2.05, 4.69) is 19.2 Å². The van der Waals surface area contributed by atoms with E-state index in [1.54, 1.807) is 0 Å². The molecular formula is C17H28N2O2. The molecule has 0 amide bonds. The van der Waals surface area contributed by atoms with E-state index in [9.17, 15) is 5.11 Å². The fourth-order valence-electron chi connectivity index (χ4n) is 3.26. The van der Waals surface area contributed by atoms with Gasteiger partial charge >= 0.3 is 0 Å². The highest BCUT2D eigenvalue weighted by molar-refractivity contribution is 5.60. The van der Waals surface area contributed by atoms with E-state index >= 15 is 0 Å². The third kappa shape index (κ3) is 4.27. The summed E-state index contributed by atoms with van der Waals surface area (Å²) in [4.78, 5) is 0. The second kappa shape index (κ2) is 7.03. The smallest absolute Gasteiger partial charge is 0.123 e. The number of benzene rings is 1. The molecule has 2 atom stereocenters. The van der Waals surface area contributed by atoms with E-state index < -0.39 is 0 Å². The molecule has 1 aromatic carbocycles.